The van der Waals surface area contributed by atoms with E-state index in [0.717, 1.165) is 5.75 Å². The molecule has 0 aromatic heterocycles. The van der Waals surface area contributed by atoms with Crippen molar-refractivity contribution in [2.45, 2.75) is 28.2 Å². The van der Waals surface area contributed by atoms with Crippen LogP contribution in [0.2, 0.25) is 0 Å². The fourth-order valence-electron chi connectivity index (χ4n) is 1.68. The van der Waals surface area contributed by atoms with Crippen LogP contribution in [-0.2, 0) is 0 Å². The van der Waals surface area contributed by atoms with Crippen LogP contribution in [0.4, 0.5) is 0 Å². The highest BCUT2D eigenvalue weighted by atomic mass is 32.2. The van der Waals surface area contributed by atoms with E-state index in [1.807, 2.05) is 35.7 Å². The van der Waals surface area contributed by atoms with Crippen molar-refractivity contribution in [1.82, 2.24) is 0 Å². The number of hydrogen-bond donors (Lipinski definition) is 0. The van der Waals surface area contributed by atoms with Gasteiger partial charge in [0, 0.05) is 9.79 Å². The minimum Gasteiger partial charge on any atom is -0.497 e. The molecular formula is C16H18OS2. The summed E-state index contributed by atoms with van der Waals surface area (Å²) in [6.45, 7) is 4.35. The predicted molar refractivity (Wildman–Crippen MR) is 85.3 cm³/mol. The number of hydrogen-bond acceptors (Lipinski definition) is 3. The highest BCUT2D eigenvalue weighted by Crippen LogP contribution is 2.35. The fourth-order valence-corrected chi connectivity index (χ4v) is 3.89. The molecule has 19 heavy (non-hydrogen) atoms. The maximum atomic E-state index is 5.17. The molecule has 2 rings (SSSR count). The van der Waals surface area contributed by atoms with E-state index in [4.69, 9.17) is 4.74 Å². The molecule has 0 aliphatic heterocycles. The predicted octanol–water partition coefficient (Wildman–Crippen LogP) is 5.23. The zero-order valence-corrected chi connectivity index (χ0v) is 13.1. The fraction of sp³-hybridized carbons (Fsp3) is 0.250. The SMILES string of the molecule is COc1ccc(SC(C)Sc2ccc(C)cc2)cc1. The quantitative estimate of drug-likeness (QED) is 0.551. The standard InChI is InChI=1S/C16H18OS2/c1-12-4-8-15(9-5-12)18-13(2)19-16-10-6-14(17-3)7-11-16/h4-11,13H,1-3H3. The van der Waals surface area contributed by atoms with Crippen LogP contribution in [0.25, 0.3) is 0 Å². The number of thioether (sulfide) groups is 2. The van der Waals surface area contributed by atoms with Crippen molar-refractivity contribution in [3.8, 4) is 5.75 Å². The molecule has 2 aromatic carbocycles. The van der Waals surface area contributed by atoms with E-state index in [1.165, 1.54) is 15.4 Å². The average molecular weight is 290 g/mol. The van der Waals surface area contributed by atoms with Crippen LogP contribution >= 0.6 is 23.5 Å². The summed E-state index contributed by atoms with van der Waals surface area (Å²) < 4.78 is 5.65. The van der Waals surface area contributed by atoms with Crippen LogP contribution in [0.3, 0.4) is 0 Å². The molecule has 0 aliphatic carbocycles. The number of methoxy groups -OCH3 is 1. The monoisotopic (exact) mass is 290 g/mol. The molecule has 0 aliphatic rings. The average Bonchev–Trinajstić information content (AvgIpc) is 2.42. The third-order valence-electron chi connectivity index (χ3n) is 2.68. The van der Waals surface area contributed by atoms with Crippen LogP contribution in [0, 0.1) is 6.92 Å². The van der Waals surface area contributed by atoms with Gasteiger partial charge in [-0.05, 0) is 50.2 Å². The third-order valence-corrected chi connectivity index (χ3v) is 5.01. The Morgan fingerprint density at radius 3 is 1.79 bits per heavy atom. The second-order valence-electron chi connectivity index (χ2n) is 4.29. The molecule has 1 nitrogen and oxygen atoms in total. The Morgan fingerprint density at radius 2 is 1.32 bits per heavy atom. The van der Waals surface area contributed by atoms with Gasteiger partial charge in [-0.25, -0.2) is 0 Å². The maximum Gasteiger partial charge on any atom is 0.118 e. The van der Waals surface area contributed by atoms with Gasteiger partial charge in [0.25, 0.3) is 0 Å². The first-order valence-corrected chi connectivity index (χ1v) is 7.97. The van der Waals surface area contributed by atoms with Crippen molar-refractivity contribution in [3.05, 3.63) is 54.1 Å². The van der Waals surface area contributed by atoms with E-state index >= 15 is 0 Å². The van der Waals surface area contributed by atoms with Crippen molar-refractivity contribution < 1.29 is 4.74 Å². The summed E-state index contributed by atoms with van der Waals surface area (Å²) in [6, 6.07) is 16.9. The molecule has 0 spiro atoms. The molecule has 0 saturated carbocycles. The zero-order valence-electron chi connectivity index (χ0n) is 11.4. The van der Waals surface area contributed by atoms with E-state index in [2.05, 4.69) is 50.2 Å². The molecule has 0 radical (unpaired) electrons. The Kier molecular flexibility index (Phi) is 5.23. The molecule has 1 unspecified atom stereocenters. The minimum absolute atomic E-state index is 0.483. The number of benzene rings is 2. The maximum absolute atomic E-state index is 5.17. The third kappa shape index (κ3) is 4.51. The van der Waals surface area contributed by atoms with Gasteiger partial charge in [-0.15, -0.1) is 23.5 Å². The molecule has 1 atom stereocenters. The van der Waals surface area contributed by atoms with Crippen molar-refractivity contribution in [1.29, 1.82) is 0 Å². The van der Waals surface area contributed by atoms with Crippen LogP contribution in [-0.4, -0.2) is 11.7 Å². The first-order valence-electron chi connectivity index (χ1n) is 6.21. The summed E-state index contributed by atoms with van der Waals surface area (Å²) in [5.41, 5.74) is 1.31. The molecule has 0 N–H and O–H groups in total. The molecule has 3 heteroatoms. The normalized spacial score (nSPS) is 12.2. The van der Waals surface area contributed by atoms with Gasteiger partial charge < -0.3 is 4.74 Å². The topological polar surface area (TPSA) is 9.23 Å². The Balaban J connectivity index is 1.92. The lowest BCUT2D eigenvalue weighted by atomic mass is 10.2. The molecular weight excluding hydrogens is 272 g/mol. The second-order valence-corrected chi connectivity index (χ2v) is 7.42. The summed E-state index contributed by atoms with van der Waals surface area (Å²) in [4.78, 5) is 2.59. The molecule has 0 bridgehead atoms. The van der Waals surface area contributed by atoms with E-state index in [1.54, 1.807) is 7.11 Å². The van der Waals surface area contributed by atoms with Gasteiger partial charge in [0.1, 0.15) is 5.75 Å². The number of aryl methyl sites for hydroxylation is 1. The van der Waals surface area contributed by atoms with Crippen LogP contribution in [0.1, 0.15) is 12.5 Å². The summed E-state index contributed by atoms with van der Waals surface area (Å²) in [6.07, 6.45) is 0. The Bertz CT molecular complexity index is 505. The van der Waals surface area contributed by atoms with E-state index in [9.17, 15) is 0 Å². The van der Waals surface area contributed by atoms with E-state index in [0.29, 0.717) is 4.58 Å². The molecule has 0 heterocycles. The zero-order chi connectivity index (χ0) is 13.7. The summed E-state index contributed by atoms with van der Waals surface area (Å²) in [5.74, 6) is 0.906. The lowest BCUT2D eigenvalue weighted by Gasteiger charge is -2.11. The molecule has 100 valence electrons. The number of rotatable bonds is 5. The van der Waals surface area contributed by atoms with Gasteiger partial charge in [0.2, 0.25) is 0 Å². The van der Waals surface area contributed by atoms with Crippen molar-refractivity contribution in [2.75, 3.05) is 7.11 Å². The molecule has 2 aromatic rings. The molecule has 0 fully saturated rings. The van der Waals surface area contributed by atoms with Gasteiger partial charge in [-0.2, -0.15) is 0 Å². The van der Waals surface area contributed by atoms with E-state index < -0.39 is 0 Å². The Morgan fingerprint density at radius 1 is 0.842 bits per heavy atom. The first kappa shape index (κ1) is 14.4. The van der Waals surface area contributed by atoms with Crippen LogP contribution < -0.4 is 4.74 Å². The van der Waals surface area contributed by atoms with Gasteiger partial charge in [-0.3, -0.25) is 0 Å². The summed E-state index contributed by atoms with van der Waals surface area (Å²) in [7, 11) is 1.69. The van der Waals surface area contributed by atoms with Crippen LogP contribution in [0.5, 0.6) is 5.75 Å². The van der Waals surface area contributed by atoms with Crippen LogP contribution in [0.15, 0.2) is 58.3 Å². The highest BCUT2D eigenvalue weighted by Gasteiger charge is 2.06. The highest BCUT2D eigenvalue weighted by molar-refractivity contribution is 8.17. The lowest BCUT2D eigenvalue weighted by Crippen LogP contribution is -1.89. The molecule has 0 saturated heterocycles. The minimum atomic E-state index is 0.483. The summed E-state index contributed by atoms with van der Waals surface area (Å²) in [5, 5.41) is 0. The van der Waals surface area contributed by atoms with Crippen molar-refractivity contribution >= 4 is 23.5 Å². The largest absolute Gasteiger partial charge is 0.497 e. The van der Waals surface area contributed by atoms with Gasteiger partial charge in [0.15, 0.2) is 0 Å². The Hall–Kier alpha value is -1.06. The van der Waals surface area contributed by atoms with E-state index in [-0.39, 0.29) is 0 Å². The lowest BCUT2D eigenvalue weighted by molar-refractivity contribution is 0.414. The smallest absolute Gasteiger partial charge is 0.118 e. The number of ether oxygens (including phenoxy) is 1. The van der Waals surface area contributed by atoms with Gasteiger partial charge in [-0.1, -0.05) is 17.7 Å². The van der Waals surface area contributed by atoms with Gasteiger partial charge >= 0.3 is 0 Å². The second kappa shape index (κ2) is 6.92. The Labute approximate surface area is 123 Å². The van der Waals surface area contributed by atoms with Crippen molar-refractivity contribution in [3.63, 3.8) is 0 Å². The summed E-state index contributed by atoms with van der Waals surface area (Å²) >= 11 is 3.76. The van der Waals surface area contributed by atoms with Crippen molar-refractivity contribution in [2.24, 2.45) is 0 Å². The molecule has 0 amide bonds. The first-order chi connectivity index (χ1) is 9.17. The van der Waals surface area contributed by atoms with Gasteiger partial charge in [0.05, 0.1) is 11.7 Å².